The molecule has 0 aliphatic heterocycles. The smallest absolute Gasteiger partial charge is 0.262 e. The average Bonchev–Trinajstić information content (AvgIpc) is 3.01. The molecule has 0 atom stereocenters. The van der Waals surface area contributed by atoms with Crippen molar-refractivity contribution in [2.45, 2.75) is 18.7 Å². The first-order chi connectivity index (χ1) is 12.3. The van der Waals surface area contributed by atoms with Gasteiger partial charge in [-0.1, -0.05) is 23.7 Å². The maximum absolute atomic E-state index is 13.0. The van der Waals surface area contributed by atoms with Crippen LogP contribution in [-0.2, 0) is 10.0 Å². The van der Waals surface area contributed by atoms with Crippen LogP contribution in [0.15, 0.2) is 47.4 Å². The highest BCUT2D eigenvalue weighted by Crippen LogP contribution is 2.31. The fourth-order valence-corrected chi connectivity index (χ4v) is 4.08. The molecule has 1 aromatic heterocycles. The van der Waals surface area contributed by atoms with Gasteiger partial charge in [0, 0.05) is 16.3 Å². The molecule has 0 saturated heterocycles. The van der Waals surface area contributed by atoms with Gasteiger partial charge in [0.05, 0.1) is 23.4 Å². The molecule has 0 saturated carbocycles. The van der Waals surface area contributed by atoms with Crippen molar-refractivity contribution in [3.8, 4) is 17.0 Å². The standard InChI is InChI=1S/C18H18ClN3O3S/c1-11-4-5-13(15-8-12(2)20-21-15)9-18(11)26(23,24)22-16-10-14(19)6-7-17(16)25-3/h4-10,22H,1-3H3,(H,20,21). The van der Waals surface area contributed by atoms with E-state index in [2.05, 4.69) is 14.9 Å². The third kappa shape index (κ3) is 3.68. The zero-order chi connectivity index (χ0) is 18.9. The molecule has 0 amide bonds. The van der Waals surface area contributed by atoms with E-state index in [1.165, 1.54) is 13.2 Å². The summed E-state index contributed by atoms with van der Waals surface area (Å²) in [5.41, 5.74) is 3.18. The summed E-state index contributed by atoms with van der Waals surface area (Å²) in [5, 5.41) is 7.44. The number of hydrogen-bond donors (Lipinski definition) is 2. The number of hydrogen-bond acceptors (Lipinski definition) is 4. The molecule has 0 fully saturated rings. The lowest BCUT2D eigenvalue weighted by atomic mass is 10.1. The van der Waals surface area contributed by atoms with E-state index in [0.717, 1.165) is 5.69 Å². The summed E-state index contributed by atoms with van der Waals surface area (Å²) in [6.45, 7) is 3.62. The van der Waals surface area contributed by atoms with E-state index in [-0.39, 0.29) is 10.6 Å². The molecule has 6 nitrogen and oxygen atoms in total. The van der Waals surface area contributed by atoms with Gasteiger partial charge >= 0.3 is 0 Å². The van der Waals surface area contributed by atoms with Crippen LogP contribution in [0, 0.1) is 13.8 Å². The van der Waals surface area contributed by atoms with Crippen LogP contribution in [0.1, 0.15) is 11.3 Å². The minimum atomic E-state index is -3.84. The van der Waals surface area contributed by atoms with Gasteiger partial charge < -0.3 is 4.74 Å². The van der Waals surface area contributed by atoms with Gasteiger partial charge in [-0.15, -0.1) is 0 Å². The fourth-order valence-electron chi connectivity index (χ4n) is 2.57. The molecule has 136 valence electrons. The largest absolute Gasteiger partial charge is 0.495 e. The number of aromatic nitrogens is 2. The Balaban J connectivity index is 2.03. The summed E-state index contributed by atoms with van der Waals surface area (Å²) in [6, 6.07) is 11.8. The molecule has 0 aliphatic rings. The number of methoxy groups -OCH3 is 1. The number of rotatable bonds is 5. The van der Waals surface area contributed by atoms with Crippen molar-refractivity contribution in [2.24, 2.45) is 0 Å². The predicted molar refractivity (Wildman–Crippen MR) is 102 cm³/mol. The number of H-pyrrole nitrogens is 1. The van der Waals surface area contributed by atoms with E-state index in [1.54, 1.807) is 31.2 Å². The van der Waals surface area contributed by atoms with Crippen molar-refractivity contribution in [3.05, 3.63) is 58.7 Å². The van der Waals surface area contributed by atoms with Crippen LogP contribution in [0.25, 0.3) is 11.3 Å². The van der Waals surface area contributed by atoms with Crippen LogP contribution in [-0.4, -0.2) is 25.7 Å². The maximum Gasteiger partial charge on any atom is 0.262 e. The van der Waals surface area contributed by atoms with E-state index in [9.17, 15) is 8.42 Å². The first-order valence-electron chi connectivity index (χ1n) is 7.79. The predicted octanol–water partition coefficient (Wildman–Crippen LogP) is 4.16. The van der Waals surface area contributed by atoms with Crippen molar-refractivity contribution in [1.82, 2.24) is 10.2 Å². The van der Waals surface area contributed by atoms with Crippen LogP contribution in [0.2, 0.25) is 5.02 Å². The maximum atomic E-state index is 13.0. The molecule has 0 unspecified atom stereocenters. The quantitative estimate of drug-likeness (QED) is 0.684. The lowest BCUT2D eigenvalue weighted by Gasteiger charge is -2.14. The molecule has 3 rings (SSSR count). The van der Waals surface area contributed by atoms with E-state index in [4.69, 9.17) is 16.3 Å². The van der Waals surface area contributed by atoms with Crippen LogP contribution < -0.4 is 9.46 Å². The van der Waals surface area contributed by atoms with Gasteiger partial charge in [0.25, 0.3) is 10.0 Å². The van der Waals surface area contributed by atoms with Gasteiger partial charge in [-0.25, -0.2) is 8.42 Å². The number of sulfonamides is 1. The van der Waals surface area contributed by atoms with Gasteiger partial charge in [0.15, 0.2) is 0 Å². The molecular weight excluding hydrogens is 374 g/mol. The van der Waals surface area contributed by atoms with E-state index < -0.39 is 10.0 Å². The Hall–Kier alpha value is -2.51. The third-order valence-corrected chi connectivity index (χ3v) is 5.63. The number of aryl methyl sites for hydroxylation is 2. The van der Waals surface area contributed by atoms with Crippen molar-refractivity contribution in [1.29, 1.82) is 0 Å². The Morgan fingerprint density at radius 1 is 1.12 bits per heavy atom. The highest BCUT2D eigenvalue weighted by atomic mass is 35.5. The number of nitrogens with one attached hydrogen (secondary N) is 2. The third-order valence-electron chi connectivity index (χ3n) is 3.89. The zero-order valence-electron chi connectivity index (χ0n) is 14.5. The summed E-state index contributed by atoms with van der Waals surface area (Å²) in [7, 11) is -2.38. The summed E-state index contributed by atoms with van der Waals surface area (Å²) in [6.07, 6.45) is 0. The van der Waals surface area contributed by atoms with Crippen LogP contribution >= 0.6 is 11.6 Å². The lowest BCUT2D eigenvalue weighted by Crippen LogP contribution is -2.15. The minimum Gasteiger partial charge on any atom is -0.495 e. The zero-order valence-corrected chi connectivity index (χ0v) is 16.1. The van der Waals surface area contributed by atoms with Gasteiger partial charge in [-0.05, 0) is 49.7 Å². The first kappa shape index (κ1) is 18.3. The van der Waals surface area contributed by atoms with Crippen LogP contribution in [0.3, 0.4) is 0 Å². The lowest BCUT2D eigenvalue weighted by molar-refractivity contribution is 0.417. The topological polar surface area (TPSA) is 84.1 Å². The second-order valence-electron chi connectivity index (χ2n) is 5.87. The Morgan fingerprint density at radius 3 is 2.54 bits per heavy atom. The second kappa shape index (κ2) is 7.01. The second-order valence-corrected chi connectivity index (χ2v) is 7.95. The summed E-state index contributed by atoms with van der Waals surface area (Å²) < 4.78 is 33.7. The van der Waals surface area contributed by atoms with Gasteiger partial charge in [0.2, 0.25) is 0 Å². The van der Waals surface area contributed by atoms with E-state index in [0.29, 0.717) is 27.6 Å². The van der Waals surface area contributed by atoms with Gasteiger partial charge in [0.1, 0.15) is 5.75 Å². The molecular formula is C18H18ClN3O3S. The molecule has 1 heterocycles. The molecule has 8 heteroatoms. The Labute approximate surface area is 157 Å². The molecule has 2 aromatic carbocycles. The Bertz CT molecular complexity index is 1060. The molecule has 2 N–H and O–H groups in total. The van der Waals surface area contributed by atoms with Crippen LogP contribution in [0.5, 0.6) is 5.75 Å². The Kier molecular flexibility index (Phi) is 4.93. The number of nitrogens with zero attached hydrogens (tertiary/aromatic N) is 1. The summed E-state index contributed by atoms with van der Waals surface area (Å²) in [4.78, 5) is 0.165. The first-order valence-corrected chi connectivity index (χ1v) is 9.65. The van der Waals surface area contributed by atoms with E-state index in [1.807, 2.05) is 19.1 Å². The van der Waals surface area contributed by atoms with Crippen molar-refractivity contribution in [2.75, 3.05) is 11.8 Å². The molecule has 0 bridgehead atoms. The molecule has 0 radical (unpaired) electrons. The fraction of sp³-hybridized carbons (Fsp3) is 0.167. The minimum absolute atomic E-state index is 0.165. The molecule has 3 aromatic rings. The van der Waals surface area contributed by atoms with Crippen molar-refractivity contribution >= 4 is 27.3 Å². The normalized spacial score (nSPS) is 11.4. The highest BCUT2D eigenvalue weighted by Gasteiger charge is 2.20. The van der Waals surface area contributed by atoms with Crippen molar-refractivity contribution in [3.63, 3.8) is 0 Å². The molecule has 0 aliphatic carbocycles. The molecule has 26 heavy (non-hydrogen) atoms. The average molecular weight is 392 g/mol. The SMILES string of the molecule is COc1ccc(Cl)cc1NS(=O)(=O)c1cc(-c2cc(C)[nH]n2)ccc1C. The van der Waals surface area contributed by atoms with E-state index >= 15 is 0 Å². The number of halogens is 1. The summed E-state index contributed by atoms with van der Waals surface area (Å²) in [5.74, 6) is 0.384. The molecule has 0 spiro atoms. The van der Waals surface area contributed by atoms with Gasteiger partial charge in [-0.3, -0.25) is 9.82 Å². The number of ether oxygens (including phenoxy) is 1. The summed E-state index contributed by atoms with van der Waals surface area (Å²) >= 11 is 5.99. The number of benzene rings is 2. The van der Waals surface area contributed by atoms with Gasteiger partial charge in [-0.2, -0.15) is 5.10 Å². The Morgan fingerprint density at radius 2 is 1.88 bits per heavy atom. The highest BCUT2D eigenvalue weighted by molar-refractivity contribution is 7.92. The number of aromatic amines is 1. The van der Waals surface area contributed by atoms with Crippen LogP contribution in [0.4, 0.5) is 5.69 Å². The van der Waals surface area contributed by atoms with Crippen molar-refractivity contribution < 1.29 is 13.2 Å². The number of anilines is 1. The monoisotopic (exact) mass is 391 g/mol.